The zero-order valence-corrected chi connectivity index (χ0v) is 14.4. The van der Waals surface area contributed by atoms with Gasteiger partial charge >= 0.3 is 5.97 Å². The Balaban J connectivity index is 2.30. The first kappa shape index (κ1) is 16.8. The Morgan fingerprint density at radius 1 is 1.12 bits per heavy atom. The van der Waals surface area contributed by atoms with Gasteiger partial charge in [-0.05, 0) is 32.0 Å². The number of anilines is 3. The van der Waals surface area contributed by atoms with Gasteiger partial charge in [0.15, 0.2) is 0 Å². The number of hydrogen-bond donors (Lipinski definition) is 1. The fraction of sp³-hybridized carbons (Fsp3) is 0.200. The third-order valence-corrected chi connectivity index (χ3v) is 4.05. The summed E-state index contributed by atoms with van der Waals surface area (Å²) >= 11 is 0. The van der Waals surface area contributed by atoms with Gasteiger partial charge in [0.25, 0.3) is 0 Å². The molecule has 0 saturated heterocycles. The lowest BCUT2D eigenvalue weighted by Crippen LogP contribution is -2.21. The summed E-state index contributed by atoms with van der Waals surface area (Å²) in [5.41, 5.74) is 9.55. The van der Waals surface area contributed by atoms with Crippen molar-refractivity contribution in [2.45, 2.75) is 13.8 Å². The lowest BCUT2D eigenvalue weighted by Gasteiger charge is -2.27. The molecule has 5 nitrogen and oxygen atoms in total. The van der Waals surface area contributed by atoms with Crippen molar-refractivity contribution in [1.82, 2.24) is 4.98 Å². The number of pyridine rings is 1. The maximum atomic E-state index is 12.5. The number of aromatic nitrogens is 1. The van der Waals surface area contributed by atoms with E-state index in [1.54, 1.807) is 13.1 Å². The fourth-order valence-corrected chi connectivity index (χ4v) is 2.96. The molecule has 0 saturated carbocycles. The van der Waals surface area contributed by atoms with Gasteiger partial charge in [0, 0.05) is 23.8 Å². The number of nitrogens with zero attached hydrogens (tertiary/aromatic N) is 2. The largest absolute Gasteiger partial charge is 0.462 e. The van der Waals surface area contributed by atoms with Gasteiger partial charge in [-0.1, -0.05) is 30.3 Å². The third kappa shape index (κ3) is 3.13. The predicted octanol–water partition coefficient (Wildman–Crippen LogP) is 4.15. The van der Waals surface area contributed by atoms with Gasteiger partial charge in [-0.25, -0.2) is 4.79 Å². The molecule has 0 aliphatic heterocycles. The van der Waals surface area contributed by atoms with Gasteiger partial charge in [-0.15, -0.1) is 0 Å². The molecule has 2 N–H and O–H groups in total. The SMILES string of the molecule is CCOC(=O)c1cnc2c(N)cccc2c1N(CC)c1ccccc1. The molecule has 1 aromatic heterocycles. The molecule has 1 heterocycles. The molecule has 3 rings (SSSR count). The Bertz CT molecular complexity index is 894. The number of benzene rings is 2. The second-order valence-corrected chi connectivity index (χ2v) is 5.56. The van der Waals surface area contributed by atoms with E-state index in [2.05, 4.69) is 9.88 Å². The Morgan fingerprint density at radius 3 is 2.56 bits per heavy atom. The number of carbonyl (C=O) groups is 1. The first-order valence-electron chi connectivity index (χ1n) is 8.34. The maximum absolute atomic E-state index is 12.5. The molecule has 0 bridgehead atoms. The molecule has 0 fully saturated rings. The van der Waals surface area contributed by atoms with Crippen LogP contribution >= 0.6 is 0 Å². The van der Waals surface area contributed by atoms with E-state index in [0.717, 1.165) is 16.8 Å². The van der Waals surface area contributed by atoms with Gasteiger partial charge in [0.2, 0.25) is 0 Å². The van der Waals surface area contributed by atoms with E-state index in [1.807, 2.05) is 55.5 Å². The third-order valence-electron chi connectivity index (χ3n) is 4.05. The number of para-hydroxylation sites is 2. The lowest BCUT2D eigenvalue weighted by molar-refractivity contribution is 0.0527. The molecule has 0 aliphatic rings. The van der Waals surface area contributed by atoms with E-state index in [0.29, 0.717) is 29.9 Å². The minimum absolute atomic E-state index is 0.310. The van der Waals surface area contributed by atoms with Crippen LogP contribution in [0.5, 0.6) is 0 Å². The van der Waals surface area contributed by atoms with Crippen LogP contribution < -0.4 is 10.6 Å². The topological polar surface area (TPSA) is 68.4 Å². The van der Waals surface area contributed by atoms with Gasteiger partial charge in [0.1, 0.15) is 5.56 Å². The van der Waals surface area contributed by atoms with Crippen LogP contribution in [-0.2, 0) is 4.74 Å². The highest BCUT2D eigenvalue weighted by Crippen LogP contribution is 2.36. The van der Waals surface area contributed by atoms with Gasteiger partial charge < -0.3 is 15.4 Å². The summed E-state index contributed by atoms with van der Waals surface area (Å²) in [6.07, 6.45) is 1.55. The summed E-state index contributed by atoms with van der Waals surface area (Å²) in [6, 6.07) is 15.5. The number of fused-ring (bicyclic) bond motifs is 1. The minimum atomic E-state index is -0.385. The van der Waals surface area contributed by atoms with Crippen molar-refractivity contribution in [2.24, 2.45) is 0 Å². The number of ether oxygens (including phenoxy) is 1. The van der Waals surface area contributed by atoms with Gasteiger partial charge in [0.05, 0.1) is 23.5 Å². The van der Waals surface area contributed by atoms with Crippen LogP contribution in [0, 0.1) is 0 Å². The Kier molecular flexibility index (Phi) is 4.84. The van der Waals surface area contributed by atoms with Gasteiger partial charge in [-0.3, -0.25) is 4.98 Å². The average Bonchev–Trinajstić information content (AvgIpc) is 2.64. The molecule has 0 spiro atoms. The zero-order valence-electron chi connectivity index (χ0n) is 14.4. The van der Waals surface area contributed by atoms with E-state index in [-0.39, 0.29) is 5.97 Å². The van der Waals surface area contributed by atoms with Crippen LogP contribution in [0.1, 0.15) is 24.2 Å². The number of esters is 1. The summed E-state index contributed by atoms with van der Waals surface area (Å²) in [5, 5.41) is 0.830. The highest BCUT2D eigenvalue weighted by molar-refractivity contribution is 6.08. The second-order valence-electron chi connectivity index (χ2n) is 5.56. The van der Waals surface area contributed by atoms with E-state index >= 15 is 0 Å². The molecule has 0 radical (unpaired) electrons. The highest BCUT2D eigenvalue weighted by Gasteiger charge is 2.22. The molecular weight excluding hydrogens is 314 g/mol. The molecule has 0 unspecified atom stereocenters. The van der Waals surface area contributed by atoms with E-state index in [4.69, 9.17) is 10.5 Å². The number of nitrogens with two attached hydrogens (primary N) is 1. The van der Waals surface area contributed by atoms with Crippen molar-refractivity contribution >= 4 is 33.9 Å². The Morgan fingerprint density at radius 2 is 1.88 bits per heavy atom. The van der Waals surface area contributed by atoms with Crippen molar-refractivity contribution in [1.29, 1.82) is 0 Å². The molecule has 0 atom stereocenters. The maximum Gasteiger partial charge on any atom is 0.341 e. The number of rotatable bonds is 5. The number of carbonyl (C=O) groups excluding carboxylic acids is 1. The standard InChI is InChI=1S/C20H21N3O2/c1-3-23(14-9-6-5-7-10-14)19-15-11-8-12-17(21)18(15)22-13-16(19)20(24)25-4-2/h5-13H,3-4,21H2,1-2H3. The smallest absolute Gasteiger partial charge is 0.341 e. The lowest BCUT2D eigenvalue weighted by atomic mass is 10.1. The Labute approximate surface area is 147 Å². The van der Waals surface area contributed by atoms with Crippen molar-refractivity contribution in [2.75, 3.05) is 23.8 Å². The summed E-state index contributed by atoms with van der Waals surface area (Å²) < 4.78 is 5.24. The molecule has 0 aliphatic carbocycles. The van der Waals surface area contributed by atoms with E-state index in [1.165, 1.54) is 0 Å². The van der Waals surface area contributed by atoms with Crippen LogP contribution in [0.15, 0.2) is 54.7 Å². The van der Waals surface area contributed by atoms with Gasteiger partial charge in [-0.2, -0.15) is 0 Å². The molecule has 3 aromatic rings. The van der Waals surface area contributed by atoms with E-state index < -0.39 is 0 Å². The van der Waals surface area contributed by atoms with Crippen molar-refractivity contribution in [3.05, 3.63) is 60.3 Å². The predicted molar refractivity (Wildman–Crippen MR) is 101 cm³/mol. The number of hydrogen-bond acceptors (Lipinski definition) is 5. The zero-order chi connectivity index (χ0) is 17.8. The second kappa shape index (κ2) is 7.21. The minimum Gasteiger partial charge on any atom is -0.462 e. The molecule has 0 amide bonds. The highest BCUT2D eigenvalue weighted by atomic mass is 16.5. The number of nitrogen functional groups attached to an aromatic ring is 1. The van der Waals surface area contributed by atoms with Crippen molar-refractivity contribution in [3.8, 4) is 0 Å². The summed E-state index contributed by atoms with van der Waals surface area (Å²) in [4.78, 5) is 19.0. The summed E-state index contributed by atoms with van der Waals surface area (Å²) in [7, 11) is 0. The first-order valence-corrected chi connectivity index (χ1v) is 8.34. The van der Waals surface area contributed by atoms with Crippen LogP contribution in [-0.4, -0.2) is 24.1 Å². The van der Waals surface area contributed by atoms with Crippen LogP contribution in [0.25, 0.3) is 10.9 Å². The molecule has 5 heteroatoms. The summed E-state index contributed by atoms with van der Waals surface area (Å²) in [6.45, 7) is 4.83. The molecule has 128 valence electrons. The Hall–Kier alpha value is -3.08. The van der Waals surface area contributed by atoms with Crippen LogP contribution in [0.4, 0.5) is 17.1 Å². The monoisotopic (exact) mass is 335 g/mol. The quantitative estimate of drug-likeness (QED) is 0.560. The normalized spacial score (nSPS) is 10.6. The van der Waals surface area contributed by atoms with Crippen LogP contribution in [0.3, 0.4) is 0 Å². The fourth-order valence-electron chi connectivity index (χ4n) is 2.96. The van der Waals surface area contributed by atoms with Crippen molar-refractivity contribution < 1.29 is 9.53 Å². The molecular formula is C20H21N3O2. The molecule has 25 heavy (non-hydrogen) atoms. The van der Waals surface area contributed by atoms with E-state index in [9.17, 15) is 4.79 Å². The first-order chi connectivity index (χ1) is 12.2. The summed E-state index contributed by atoms with van der Waals surface area (Å²) in [5.74, 6) is -0.385. The van der Waals surface area contributed by atoms with Crippen LogP contribution in [0.2, 0.25) is 0 Å². The van der Waals surface area contributed by atoms with Crippen molar-refractivity contribution in [3.63, 3.8) is 0 Å². The molecule has 2 aromatic carbocycles. The average molecular weight is 335 g/mol.